The van der Waals surface area contributed by atoms with Crippen LogP contribution in [-0.2, 0) is 25.6 Å². The largest absolute Gasteiger partial charge is 0.316 e. The molecule has 1 fully saturated rings. The minimum atomic E-state index is 0.0802. The van der Waals surface area contributed by atoms with Gasteiger partial charge in [0.2, 0.25) is 0 Å². The molecule has 4 heterocycles. The van der Waals surface area contributed by atoms with Crippen molar-refractivity contribution in [1.82, 2.24) is 44.6 Å². The molecule has 150 valence electrons. The molecule has 0 amide bonds. The Morgan fingerprint density at radius 2 is 1.93 bits per heavy atom. The Hall–Kier alpha value is -2.55. The van der Waals surface area contributed by atoms with E-state index in [9.17, 15) is 0 Å². The lowest BCUT2D eigenvalue weighted by Gasteiger charge is -2.31. The summed E-state index contributed by atoms with van der Waals surface area (Å²) < 4.78 is 3.89. The topological polar surface area (TPSA) is 93.3 Å². The Bertz CT molecular complexity index is 892. The summed E-state index contributed by atoms with van der Waals surface area (Å²) in [5.41, 5.74) is 2.39. The van der Waals surface area contributed by atoms with Gasteiger partial charge in [0, 0.05) is 30.6 Å². The van der Waals surface area contributed by atoms with Gasteiger partial charge in [-0.2, -0.15) is 10.2 Å². The van der Waals surface area contributed by atoms with Crippen LogP contribution in [0.25, 0.3) is 0 Å². The Morgan fingerprint density at radius 1 is 1.14 bits per heavy atom. The zero-order valence-corrected chi connectivity index (χ0v) is 17.1. The fourth-order valence-electron chi connectivity index (χ4n) is 3.74. The molecule has 9 nitrogen and oxygen atoms in total. The molecule has 0 aromatic carbocycles. The minimum absolute atomic E-state index is 0.0802. The maximum Gasteiger partial charge on any atom is 0.154 e. The molecule has 1 N–H and O–H groups in total. The average Bonchev–Trinajstić information content (AvgIpc) is 3.39. The Kier molecular flexibility index (Phi) is 5.01. The number of aromatic amines is 1. The van der Waals surface area contributed by atoms with Gasteiger partial charge in [0.25, 0.3) is 0 Å². The van der Waals surface area contributed by atoms with Crippen LogP contribution in [0.15, 0.2) is 18.7 Å². The van der Waals surface area contributed by atoms with Crippen molar-refractivity contribution in [3.63, 3.8) is 0 Å². The molecule has 0 bridgehead atoms. The maximum absolute atomic E-state index is 4.48. The van der Waals surface area contributed by atoms with Crippen molar-refractivity contribution in [2.24, 2.45) is 7.05 Å². The van der Waals surface area contributed by atoms with E-state index in [0.717, 1.165) is 49.8 Å². The average molecular weight is 384 g/mol. The van der Waals surface area contributed by atoms with Crippen LogP contribution in [0.2, 0.25) is 0 Å². The first-order chi connectivity index (χ1) is 13.4. The summed E-state index contributed by atoms with van der Waals surface area (Å²) in [6.45, 7) is 10.2. The monoisotopic (exact) mass is 383 g/mol. The number of aromatic nitrogens is 8. The van der Waals surface area contributed by atoms with Gasteiger partial charge in [-0.15, -0.1) is 10.2 Å². The summed E-state index contributed by atoms with van der Waals surface area (Å²) in [6, 6.07) is 2.20. The van der Waals surface area contributed by atoms with E-state index in [1.165, 1.54) is 12.0 Å². The fourth-order valence-corrected chi connectivity index (χ4v) is 3.74. The third-order valence-corrected chi connectivity index (χ3v) is 5.51. The van der Waals surface area contributed by atoms with Crippen LogP contribution in [0.1, 0.15) is 62.6 Å². The number of rotatable bonds is 5. The Morgan fingerprint density at radius 3 is 2.57 bits per heavy atom. The molecule has 0 radical (unpaired) electrons. The van der Waals surface area contributed by atoms with E-state index in [1.54, 1.807) is 11.0 Å². The van der Waals surface area contributed by atoms with Crippen LogP contribution in [0, 0.1) is 0 Å². The lowest BCUT2D eigenvalue weighted by Crippen LogP contribution is -2.33. The molecule has 0 aliphatic carbocycles. The van der Waals surface area contributed by atoms with Crippen LogP contribution >= 0.6 is 0 Å². The van der Waals surface area contributed by atoms with Crippen molar-refractivity contribution >= 4 is 0 Å². The summed E-state index contributed by atoms with van der Waals surface area (Å²) in [5, 5.41) is 20.7. The maximum atomic E-state index is 4.48. The highest BCUT2D eigenvalue weighted by Gasteiger charge is 2.26. The predicted molar refractivity (Wildman–Crippen MR) is 105 cm³/mol. The van der Waals surface area contributed by atoms with Gasteiger partial charge in [0.15, 0.2) is 5.82 Å². The van der Waals surface area contributed by atoms with Gasteiger partial charge in [-0.3, -0.25) is 10.00 Å². The molecule has 1 aliphatic rings. The lowest BCUT2D eigenvalue weighted by molar-refractivity contribution is 0.198. The highest BCUT2D eigenvalue weighted by Crippen LogP contribution is 2.28. The predicted octanol–water partition coefficient (Wildman–Crippen LogP) is 1.86. The smallest absolute Gasteiger partial charge is 0.154 e. The Balaban J connectivity index is 1.34. The van der Waals surface area contributed by atoms with Gasteiger partial charge in [-0.25, -0.2) is 9.67 Å². The Labute approximate surface area is 165 Å². The summed E-state index contributed by atoms with van der Waals surface area (Å²) in [6.07, 6.45) is 5.43. The highest BCUT2D eigenvalue weighted by molar-refractivity contribution is 5.16. The molecule has 0 saturated carbocycles. The van der Waals surface area contributed by atoms with Crippen molar-refractivity contribution in [3.8, 4) is 0 Å². The number of hydrogen-bond acceptors (Lipinski definition) is 6. The number of piperidine rings is 1. The van der Waals surface area contributed by atoms with Crippen LogP contribution in [0.3, 0.4) is 0 Å². The van der Waals surface area contributed by atoms with E-state index in [2.05, 4.69) is 66.8 Å². The van der Waals surface area contributed by atoms with Crippen molar-refractivity contribution in [3.05, 3.63) is 41.8 Å². The van der Waals surface area contributed by atoms with E-state index < -0.39 is 0 Å². The standard InChI is InChI=1S/C19H29N9/c1-19(2,3)16-9-15(22-23-16)10-27-7-5-14(6-8-27)18-25-24-17(26(18)4)11-28-13-20-12-21-28/h9,12-14H,5-8,10-11H2,1-4H3,(H,22,23). The van der Waals surface area contributed by atoms with Crippen molar-refractivity contribution in [2.45, 2.75) is 58.0 Å². The van der Waals surface area contributed by atoms with Gasteiger partial charge < -0.3 is 4.57 Å². The van der Waals surface area contributed by atoms with Crippen LogP contribution in [0.4, 0.5) is 0 Å². The number of nitrogens with zero attached hydrogens (tertiary/aromatic N) is 8. The number of likely N-dealkylation sites (tertiary alicyclic amines) is 1. The first-order valence-corrected chi connectivity index (χ1v) is 9.88. The van der Waals surface area contributed by atoms with Gasteiger partial charge in [-0.1, -0.05) is 20.8 Å². The van der Waals surface area contributed by atoms with E-state index >= 15 is 0 Å². The molecule has 0 spiro atoms. The second-order valence-electron chi connectivity index (χ2n) is 8.71. The molecule has 3 aromatic rings. The van der Waals surface area contributed by atoms with E-state index in [-0.39, 0.29) is 5.41 Å². The minimum Gasteiger partial charge on any atom is -0.316 e. The second kappa shape index (κ2) is 7.46. The first kappa shape index (κ1) is 18.8. The molecule has 3 aromatic heterocycles. The van der Waals surface area contributed by atoms with Gasteiger partial charge in [0.1, 0.15) is 25.0 Å². The SMILES string of the molecule is Cn1c(Cn2cncn2)nnc1C1CCN(Cc2cc(C(C)(C)C)n[nH]2)CC1. The number of nitrogens with one attached hydrogen (secondary N) is 1. The fraction of sp³-hybridized carbons (Fsp3) is 0.632. The van der Waals surface area contributed by atoms with Crippen LogP contribution in [0.5, 0.6) is 0 Å². The molecule has 0 unspecified atom stereocenters. The number of H-pyrrole nitrogens is 1. The second-order valence-corrected chi connectivity index (χ2v) is 8.71. The first-order valence-electron chi connectivity index (χ1n) is 9.88. The van der Waals surface area contributed by atoms with E-state index in [4.69, 9.17) is 0 Å². The molecular formula is C19H29N9. The molecule has 1 saturated heterocycles. The van der Waals surface area contributed by atoms with Crippen LogP contribution < -0.4 is 0 Å². The van der Waals surface area contributed by atoms with Crippen LogP contribution in [-0.4, -0.2) is 57.7 Å². The van der Waals surface area contributed by atoms with E-state index in [0.29, 0.717) is 12.5 Å². The molecule has 4 rings (SSSR count). The molecule has 28 heavy (non-hydrogen) atoms. The summed E-state index contributed by atoms with van der Waals surface area (Å²) in [7, 11) is 2.05. The van der Waals surface area contributed by atoms with Gasteiger partial charge >= 0.3 is 0 Å². The third kappa shape index (κ3) is 3.99. The molecular weight excluding hydrogens is 354 g/mol. The van der Waals surface area contributed by atoms with Gasteiger partial charge in [0.05, 0.1) is 5.69 Å². The lowest BCUT2D eigenvalue weighted by atomic mass is 9.92. The normalized spacial score (nSPS) is 16.7. The highest BCUT2D eigenvalue weighted by atomic mass is 15.4. The molecule has 1 aliphatic heterocycles. The van der Waals surface area contributed by atoms with Crippen molar-refractivity contribution in [2.75, 3.05) is 13.1 Å². The summed E-state index contributed by atoms with van der Waals surface area (Å²) >= 11 is 0. The zero-order chi connectivity index (χ0) is 19.7. The van der Waals surface area contributed by atoms with Gasteiger partial charge in [-0.05, 0) is 32.0 Å². The number of hydrogen-bond donors (Lipinski definition) is 1. The van der Waals surface area contributed by atoms with Crippen molar-refractivity contribution < 1.29 is 0 Å². The zero-order valence-electron chi connectivity index (χ0n) is 17.1. The summed E-state index contributed by atoms with van der Waals surface area (Å²) in [5.74, 6) is 2.44. The molecule has 9 heteroatoms. The van der Waals surface area contributed by atoms with E-state index in [1.807, 2.05) is 7.05 Å². The molecule has 0 atom stereocenters. The summed E-state index contributed by atoms with van der Waals surface area (Å²) in [4.78, 5) is 6.47. The quantitative estimate of drug-likeness (QED) is 0.723. The van der Waals surface area contributed by atoms with Crippen molar-refractivity contribution in [1.29, 1.82) is 0 Å². The third-order valence-electron chi connectivity index (χ3n) is 5.51.